The van der Waals surface area contributed by atoms with Crippen molar-refractivity contribution in [2.45, 2.75) is 78.5 Å². The van der Waals surface area contributed by atoms with Gasteiger partial charge in [0.1, 0.15) is 23.4 Å². The summed E-state index contributed by atoms with van der Waals surface area (Å²) in [5, 5.41) is 5.50. The third-order valence-electron chi connectivity index (χ3n) is 5.89. The van der Waals surface area contributed by atoms with E-state index < -0.39 is 41.5 Å². The predicted octanol–water partition coefficient (Wildman–Crippen LogP) is 4.39. The van der Waals surface area contributed by atoms with Gasteiger partial charge >= 0.3 is 6.09 Å². The largest absolute Gasteiger partial charge is 0.497 e. The second-order valence-electron chi connectivity index (χ2n) is 10.8. The average molecular weight is 555 g/mol. The van der Waals surface area contributed by atoms with Crippen LogP contribution in [0.4, 0.5) is 10.5 Å². The van der Waals surface area contributed by atoms with Crippen LogP contribution < -0.4 is 21.1 Å². The molecule has 218 valence electrons. The van der Waals surface area contributed by atoms with E-state index in [1.807, 2.05) is 39.0 Å². The normalized spacial score (nSPS) is 12.6. The van der Waals surface area contributed by atoms with Gasteiger partial charge < -0.3 is 30.7 Å². The van der Waals surface area contributed by atoms with E-state index in [4.69, 9.17) is 15.2 Å². The van der Waals surface area contributed by atoms with Gasteiger partial charge in [-0.1, -0.05) is 36.2 Å². The summed E-state index contributed by atoms with van der Waals surface area (Å²) in [6.45, 7) is 11.1. The Morgan fingerprint density at radius 1 is 1.00 bits per heavy atom. The van der Waals surface area contributed by atoms with Crippen LogP contribution in [0.1, 0.15) is 69.7 Å². The standard InChI is InChI=1S/C30H42N4O6/c1-8-15-34(28(37)24(13-14-25(31)35)33-29(38)40-30(4,5)6)26(21-17-19(2)16-20(3)18-21)27(36)32-22-9-11-23(39-7)12-10-22/h9-12,16-18,24,26H,8,13-15H2,1-7H3,(H2,31,35)(H,32,36)(H,33,38). The monoisotopic (exact) mass is 554 g/mol. The van der Waals surface area contributed by atoms with Crippen molar-refractivity contribution < 1.29 is 28.7 Å². The summed E-state index contributed by atoms with van der Waals surface area (Å²) in [4.78, 5) is 53.7. The molecule has 0 radical (unpaired) electrons. The number of anilines is 1. The van der Waals surface area contributed by atoms with Crippen molar-refractivity contribution in [1.82, 2.24) is 10.2 Å². The summed E-state index contributed by atoms with van der Waals surface area (Å²) in [6.07, 6.45) is -0.457. The lowest BCUT2D eigenvalue weighted by molar-refractivity contribution is -0.141. The highest BCUT2D eigenvalue weighted by Crippen LogP contribution is 2.27. The minimum Gasteiger partial charge on any atom is -0.497 e. The van der Waals surface area contributed by atoms with Gasteiger partial charge in [0.25, 0.3) is 5.91 Å². The third kappa shape index (κ3) is 9.91. The van der Waals surface area contributed by atoms with Gasteiger partial charge in [-0.15, -0.1) is 0 Å². The molecule has 10 nitrogen and oxygen atoms in total. The van der Waals surface area contributed by atoms with Crippen LogP contribution in [0.15, 0.2) is 42.5 Å². The molecule has 10 heteroatoms. The molecule has 2 atom stereocenters. The number of aryl methyl sites for hydroxylation is 2. The maximum absolute atomic E-state index is 14.1. The number of ether oxygens (including phenoxy) is 2. The highest BCUT2D eigenvalue weighted by Gasteiger charge is 2.36. The van der Waals surface area contributed by atoms with Crippen molar-refractivity contribution in [2.24, 2.45) is 5.73 Å². The Morgan fingerprint density at radius 2 is 1.60 bits per heavy atom. The Morgan fingerprint density at radius 3 is 2.10 bits per heavy atom. The Hall–Kier alpha value is -4.08. The van der Waals surface area contributed by atoms with Crippen LogP contribution in [0, 0.1) is 13.8 Å². The van der Waals surface area contributed by atoms with Crippen molar-refractivity contribution in [2.75, 3.05) is 19.0 Å². The molecule has 0 aliphatic heterocycles. The first-order valence-corrected chi connectivity index (χ1v) is 13.4. The zero-order chi connectivity index (χ0) is 30.0. The zero-order valence-electron chi connectivity index (χ0n) is 24.5. The summed E-state index contributed by atoms with van der Waals surface area (Å²) in [5.74, 6) is -0.933. The number of hydrogen-bond donors (Lipinski definition) is 3. The number of hydrogen-bond acceptors (Lipinski definition) is 6. The molecule has 40 heavy (non-hydrogen) atoms. The first-order valence-electron chi connectivity index (χ1n) is 13.4. The number of nitrogens with two attached hydrogens (primary N) is 1. The maximum atomic E-state index is 14.1. The summed E-state index contributed by atoms with van der Waals surface area (Å²) in [6, 6.07) is 10.4. The Balaban J connectivity index is 2.53. The smallest absolute Gasteiger partial charge is 0.408 e. The summed E-state index contributed by atoms with van der Waals surface area (Å²) < 4.78 is 10.6. The van der Waals surface area contributed by atoms with Gasteiger partial charge in [-0.05, 0) is 77.3 Å². The molecule has 0 saturated carbocycles. The number of carbonyl (C=O) groups is 4. The molecule has 2 rings (SSSR count). The molecule has 2 unspecified atom stereocenters. The first-order chi connectivity index (χ1) is 18.7. The van der Waals surface area contributed by atoms with Crippen molar-refractivity contribution in [3.05, 3.63) is 59.2 Å². The van der Waals surface area contributed by atoms with Gasteiger partial charge in [0.05, 0.1) is 7.11 Å². The van der Waals surface area contributed by atoms with Crippen LogP contribution in [0.5, 0.6) is 5.75 Å². The van der Waals surface area contributed by atoms with Crippen molar-refractivity contribution >= 4 is 29.5 Å². The van der Waals surface area contributed by atoms with Crippen molar-refractivity contribution in [1.29, 1.82) is 0 Å². The second-order valence-corrected chi connectivity index (χ2v) is 10.8. The fourth-order valence-electron chi connectivity index (χ4n) is 4.33. The number of nitrogens with one attached hydrogen (secondary N) is 2. The summed E-state index contributed by atoms with van der Waals surface area (Å²) in [7, 11) is 1.55. The number of rotatable bonds is 12. The molecule has 4 N–H and O–H groups in total. The molecule has 0 fully saturated rings. The van der Waals surface area contributed by atoms with Gasteiger partial charge in [-0.25, -0.2) is 4.79 Å². The van der Waals surface area contributed by atoms with Crippen LogP contribution in [-0.4, -0.2) is 54.0 Å². The average Bonchev–Trinajstić information content (AvgIpc) is 2.84. The number of benzene rings is 2. The second kappa shape index (κ2) is 14.3. The summed E-state index contributed by atoms with van der Waals surface area (Å²) >= 11 is 0. The maximum Gasteiger partial charge on any atom is 0.408 e. The molecule has 2 aromatic rings. The van der Waals surface area contributed by atoms with E-state index in [9.17, 15) is 19.2 Å². The van der Waals surface area contributed by atoms with Gasteiger partial charge in [-0.3, -0.25) is 14.4 Å². The molecule has 0 saturated heterocycles. The molecular weight excluding hydrogens is 512 g/mol. The number of methoxy groups -OCH3 is 1. The molecule has 2 aromatic carbocycles. The number of nitrogens with zero attached hydrogens (tertiary/aromatic N) is 1. The van der Waals surface area contributed by atoms with E-state index in [2.05, 4.69) is 10.6 Å². The van der Waals surface area contributed by atoms with E-state index in [0.29, 0.717) is 23.4 Å². The van der Waals surface area contributed by atoms with E-state index in [0.717, 1.165) is 11.1 Å². The molecule has 4 amide bonds. The Kier molecular flexibility index (Phi) is 11.5. The number of amides is 4. The first kappa shape index (κ1) is 32.1. The lowest BCUT2D eigenvalue weighted by Gasteiger charge is -2.34. The number of alkyl carbamates (subject to hydrolysis) is 1. The molecule has 0 aromatic heterocycles. The van der Waals surface area contributed by atoms with E-state index in [1.165, 1.54) is 4.90 Å². The molecular formula is C30H42N4O6. The van der Waals surface area contributed by atoms with Crippen LogP contribution in [-0.2, 0) is 19.1 Å². The van der Waals surface area contributed by atoms with Crippen LogP contribution in [0.3, 0.4) is 0 Å². The van der Waals surface area contributed by atoms with Crippen LogP contribution in [0.25, 0.3) is 0 Å². The number of primary amides is 1. The molecule has 0 bridgehead atoms. The third-order valence-corrected chi connectivity index (χ3v) is 5.89. The van der Waals surface area contributed by atoms with Crippen LogP contribution >= 0.6 is 0 Å². The highest BCUT2D eigenvalue weighted by atomic mass is 16.6. The minimum atomic E-state index is -1.14. The quantitative estimate of drug-likeness (QED) is 0.356. The van der Waals surface area contributed by atoms with Gasteiger partial charge in [0.15, 0.2) is 0 Å². The lowest BCUT2D eigenvalue weighted by Crippen LogP contribution is -2.52. The van der Waals surface area contributed by atoms with Crippen molar-refractivity contribution in [3.63, 3.8) is 0 Å². The van der Waals surface area contributed by atoms with E-state index in [1.54, 1.807) is 52.1 Å². The fourth-order valence-corrected chi connectivity index (χ4v) is 4.33. The van der Waals surface area contributed by atoms with Gasteiger partial charge in [0, 0.05) is 18.7 Å². The zero-order valence-corrected chi connectivity index (χ0v) is 24.5. The van der Waals surface area contributed by atoms with Gasteiger partial charge in [0.2, 0.25) is 11.8 Å². The Labute approximate surface area is 236 Å². The highest BCUT2D eigenvalue weighted by molar-refractivity contribution is 5.99. The van der Waals surface area contributed by atoms with Gasteiger partial charge in [-0.2, -0.15) is 0 Å². The predicted molar refractivity (Wildman–Crippen MR) is 154 cm³/mol. The topological polar surface area (TPSA) is 140 Å². The van der Waals surface area contributed by atoms with E-state index in [-0.39, 0.29) is 19.4 Å². The Bertz CT molecular complexity index is 1170. The fraction of sp³-hybridized carbons (Fsp3) is 0.467. The summed E-state index contributed by atoms with van der Waals surface area (Å²) in [5.41, 5.74) is 7.57. The minimum absolute atomic E-state index is 0.0483. The van der Waals surface area contributed by atoms with Crippen LogP contribution in [0.2, 0.25) is 0 Å². The SMILES string of the molecule is CCCN(C(=O)C(CCC(N)=O)NC(=O)OC(C)(C)C)C(C(=O)Nc1ccc(OC)cc1)c1cc(C)cc(C)c1. The molecule has 0 aliphatic carbocycles. The molecule has 0 spiro atoms. The van der Waals surface area contributed by atoms with E-state index >= 15 is 0 Å². The molecule has 0 aliphatic rings. The van der Waals surface area contributed by atoms with Crippen molar-refractivity contribution in [3.8, 4) is 5.75 Å². The molecule has 0 heterocycles. The lowest BCUT2D eigenvalue weighted by atomic mass is 9.97. The number of carbonyl (C=O) groups excluding carboxylic acids is 4.